The van der Waals surface area contributed by atoms with E-state index < -0.39 is 17.6 Å². The van der Waals surface area contributed by atoms with Crippen LogP contribution < -0.4 is 0 Å². The lowest BCUT2D eigenvalue weighted by molar-refractivity contribution is -0.137. The van der Waals surface area contributed by atoms with Gasteiger partial charge in [0.15, 0.2) is 0 Å². The Hall–Kier alpha value is -3.08. The second-order valence-electron chi connectivity index (χ2n) is 5.68. The SMILES string of the molecule is Oc1ccc(/C(=C(\F)c2cccc(C(F)(F)F)c2)c2ccccc2)cc1. The largest absolute Gasteiger partial charge is 0.508 e. The van der Waals surface area contributed by atoms with Gasteiger partial charge in [-0.2, -0.15) is 13.2 Å². The molecular formula is C21H14F4O. The van der Waals surface area contributed by atoms with Gasteiger partial charge in [-0.15, -0.1) is 0 Å². The second kappa shape index (κ2) is 7.04. The zero-order valence-corrected chi connectivity index (χ0v) is 13.5. The van der Waals surface area contributed by atoms with E-state index in [1.54, 1.807) is 30.3 Å². The first-order valence-electron chi connectivity index (χ1n) is 7.78. The summed E-state index contributed by atoms with van der Waals surface area (Å²) in [5.74, 6) is -0.756. The Morgan fingerprint density at radius 2 is 1.27 bits per heavy atom. The van der Waals surface area contributed by atoms with Gasteiger partial charge in [0, 0.05) is 11.1 Å². The van der Waals surface area contributed by atoms with Crippen LogP contribution in [-0.2, 0) is 6.18 Å². The molecule has 0 fully saturated rings. The van der Waals surface area contributed by atoms with Crippen LogP contribution in [0.15, 0.2) is 78.9 Å². The molecule has 0 bridgehead atoms. The summed E-state index contributed by atoms with van der Waals surface area (Å²) in [6.07, 6.45) is -4.55. The third kappa shape index (κ3) is 3.77. The highest BCUT2D eigenvalue weighted by atomic mass is 19.4. The van der Waals surface area contributed by atoms with E-state index in [-0.39, 0.29) is 16.9 Å². The van der Waals surface area contributed by atoms with Crippen molar-refractivity contribution in [3.63, 3.8) is 0 Å². The minimum absolute atomic E-state index is 0.0145. The first kappa shape index (κ1) is 17.7. The van der Waals surface area contributed by atoms with Crippen molar-refractivity contribution >= 4 is 11.4 Å². The number of halogens is 4. The average molecular weight is 358 g/mol. The maximum absolute atomic E-state index is 15.3. The monoisotopic (exact) mass is 358 g/mol. The maximum atomic E-state index is 15.3. The molecule has 132 valence electrons. The molecule has 0 heterocycles. The summed E-state index contributed by atoms with van der Waals surface area (Å²) in [6, 6.07) is 18.6. The van der Waals surface area contributed by atoms with E-state index in [1.807, 2.05) is 0 Å². The predicted octanol–water partition coefficient (Wildman–Crippen LogP) is 6.30. The summed E-state index contributed by atoms with van der Waals surface area (Å²) in [4.78, 5) is 0. The third-order valence-corrected chi connectivity index (χ3v) is 3.88. The summed E-state index contributed by atoms with van der Waals surface area (Å²) < 4.78 is 54.2. The topological polar surface area (TPSA) is 20.2 Å². The van der Waals surface area contributed by atoms with E-state index in [2.05, 4.69) is 0 Å². The first-order valence-corrected chi connectivity index (χ1v) is 7.78. The Labute approximate surface area is 147 Å². The number of aromatic hydroxyl groups is 1. The fraction of sp³-hybridized carbons (Fsp3) is 0.0476. The van der Waals surface area contributed by atoms with Crippen molar-refractivity contribution < 1.29 is 22.7 Å². The summed E-state index contributed by atoms with van der Waals surface area (Å²) in [5, 5.41) is 9.46. The number of phenols is 1. The molecule has 0 aliphatic heterocycles. The summed E-state index contributed by atoms with van der Waals surface area (Å²) >= 11 is 0. The number of hydrogen-bond donors (Lipinski definition) is 1. The standard InChI is InChI=1S/C21H14F4O/c22-20(16-7-4-8-17(13-16)21(23,24)25)19(14-5-2-1-3-6-14)15-9-11-18(26)12-10-15/h1-13,26H/b20-19-. The van der Waals surface area contributed by atoms with Crippen molar-refractivity contribution in [2.75, 3.05) is 0 Å². The molecule has 0 aliphatic carbocycles. The Kier molecular flexibility index (Phi) is 4.80. The Bertz CT molecular complexity index is 926. The predicted molar refractivity (Wildman–Crippen MR) is 93.0 cm³/mol. The highest BCUT2D eigenvalue weighted by Crippen LogP contribution is 2.36. The molecule has 0 aromatic heterocycles. The quantitative estimate of drug-likeness (QED) is 0.430. The van der Waals surface area contributed by atoms with Gasteiger partial charge >= 0.3 is 6.18 Å². The van der Waals surface area contributed by atoms with E-state index in [0.29, 0.717) is 11.1 Å². The normalized spacial score (nSPS) is 12.6. The van der Waals surface area contributed by atoms with Gasteiger partial charge < -0.3 is 5.11 Å². The number of hydrogen-bond acceptors (Lipinski definition) is 1. The van der Waals surface area contributed by atoms with Crippen molar-refractivity contribution in [2.45, 2.75) is 6.18 Å². The number of rotatable bonds is 3. The van der Waals surface area contributed by atoms with E-state index in [0.717, 1.165) is 12.1 Å². The van der Waals surface area contributed by atoms with E-state index in [4.69, 9.17) is 0 Å². The van der Waals surface area contributed by atoms with Crippen LogP contribution in [0.1, 0.15) is 22.3 Å². The lowest BCUT2D eigenvalue weighted by Crippen LogP contribution is -2.05. The molecule has 3 aromatic rings. The first-order chi connectivity index (χ1) is 12.4. The smallest absolute Gasteiger partial charge is 0.416 e. The molecule has 1 N–H and O–H groups in total. The average Bonchev–Trinajstić information content (AvgIpc) is 2.64. The van der Waals surface area contributed by atoms with Crippen LogP contribution in [0.5, 0.6) is 5.75 Å². The highest BCUT2D eigenvalue weighted by molar-refractivity contribution is 5.95. The molecule has 26 heavy (non-hydrogen) atoms. The van der Waals surface area contributed by atoms with Crippen LogP contribution in [0.4, 0.5) is 17.6 Å². The minimum atomic E-state index is -4.55. The molecular weight excluding hydrogens is 344 g/mol. The van der Waals surface area contributed by atoms with Gasteiger partial charge in [-0.05, 0) is 35.4 Å². The molecule has 3 aromatic carbocycles. The molecule has 1 nitrogen and oxygen atoms in total. The van der Waals surface area contributed by atoms with E-state index in [9.17, 15) is 18.3 Å². The summed E-state index contributed by atoms with van der Waals surface area (Å²) in [7, 11) is 0. The molecule has 0 amide bonds. The Balaban J connectivity index is 2.21. The van der Waals surface area contributed by atoms with Crippen molar-refractivity contribution in [3.8, 4) is 5.75 Å². The molecule has 0 saturated heterocycles. The van der Waals surface area contributed by atoms with Gasteiger partial charge in [0.1, 0.15) is 11.6 Å². The summed E-state index contributed by atoms with van der Waals surface area (Å²) in [6.45, 7) is 0. The molecule has 0 spiro atoms. The third-order valence-electron chi connectivity index (χ3n) is 3.88. The van der Waals surface area contributed by atoms with Crippen molar-refractivity contribution in [2.24, 2.45) is 0 Å². The summed E-state index contributed by atoms with van der Waals surface area (Å²) in [5.41, 5.74) is 0.0527. The molecule has 0 saturated carbocycles. The molecule has 0 atom stereocenters. The Morgan fingerprint density at radius 3 is 1.88 bits per heavy atom. The van der Waals surface area contributed by atoms with Gasteiger partial charge in [-0.1, -0.05) is 54.6 Å². The number of benzene rings is 3. The van der Waals surface area contributed by atoms with Crippen molar-refractivity contribution in [1.29, 1.82) is 0 Å². The number of alkyl halides is 3. The molecule has 0 aliphatic rings. The zero-order valence-electron chi connectivity index (χ0n) is 13.5. The maximum Gasteiger partial charge on any atom is 0.416 e. The van der Waals surface area contributed by atoms with Gasteiger partial charge in [0.25, 0.3) is 0 Å². The molecule has 5 heteroatoms. The van der Waals surface area contributed by atoms with Crippen molar-refractivity contribution in [3.05, 3.63) is 101 Å². The fourth-order valence-electron chi connectivity index (χ4n) is 2.63. The van der Waals surface area contributed by atoms with Crippen LogP contribution in [-0.4, -0.2) is 5.11 Å². The Morgan fingerprint density at radius 1 is 0.692 bits per heavy atom. The lowest BCUT2D eigenvalue weighted by atomic mass is 9.94. The van der Waals surface area contributed by atoms with Crippen molar-refractivity contribution in [1.82, 2.24) is 0 Å². The fourth-order valence-corrected chi connectivity index (χ4v) is 2.63. The molecule has 0 unspecified atom stereocenters. The minimum Gasteiger partial charge on any atom is -0.508 e. The van der Waals surface area contributed by atoms with Crippen LogP contribution >= 0.6 is 0 Å². The number of phenolic OH excluding ortho intramolecular Hbond substituents is 1. The van der Waals surface area contributed by atoms with Gasteiger partial charge in [0.05, 0.1) is 5.56 Å². The van der Waals surface area contributed by atoms with Gasteiger partial charge in [0.2, 0.25) is 0 Å². The van der Waals surface area contributed by atoms with Crippen LogP contribution in [0.2, 0.25) is 0 Å². The van der Waals surface area contributed by atoms with E-state index in [1.165, 1.54) is 36.4 Å². The van der Waals surface area contributed by atoms with E-state index >= 15 is 4.39 Å². The molecule has 3 rings (SSSR count). The second-order valence-corrected chi connectivity index (χ2v) is 5.68. The van der Waals surface area contributed by atoms with Gasteiger partial charge in [-0.25, -0.2) is 4.39 Å². The van der Waals surface area contributed by atoms with Crippen LogP contribution in [0.3, 0.4) is 0 Å². The van der Waals surface area contributed by atoms with Crippen LogP contribution in [0.25, 0.3) is 11.4 Å². The van der Waals surface area contributed by atoms with Gasteiger partial charge in [-0.3, -0.25) is 0 Å². The lowest BCUT2D eigenvalue weighted by Gasteiger charge is -2.13. The highest BCUT2D eigenvalue weighted by Gasteiger charge is 2.31. The molecule has 0 radical (unpaired) electrons. The zero-order chi connectivity index (χ0) is 18.7. The van der Waals surface area contributed by atoms with Crippen LogP contribution in [0, 0.1) is 0 Å².